The van der Waals surface area contributed by atoms with E-state index < -0.39 is 29.5 Å². The first-order valence-electron chi connectivity index (χ1n) is 12.7. The van der Waals surface area contributed by atoms with Gasteiger partial charge in [-0.2, -0.15) is 5.26 Å². The molecular weight excluding hydrogens is 457 g/mol. The Hall–Kier alpha value is -3.47. The lowest BCUT2D eigenvalue weighted by Crippen LogP contribution is -2.38. The Labute approximate surface area is 211 Å². The molecule has 2 atom stereocenters. The number of ether oxygens (including phenoxy) is 1. The normalized spacial score (nSPS) is 17.0. The molecule has 0 radical (unpaired) electrons. The van der Waals surface area contributed by atoms with E-state index in [0.29, 0.717) is 16.9 Å². The molecular formula is C28H34FN5O2. The van der Waals surface area contributed by atoms with Crippen molar-refractivity contribution in [3.8, 4) is 6.07 Å². The maximum atomic E-state index is 15.8. The first kappa shape index (κ1) is 25.6. The van der Waals surface area contributed by atoms with Gasteiger partial charge in [0.25, 0.3) is 0 Å². The van der Waals surface area contributed by atoms with Crippen molar-refractivity contribution in [2.24, 2.45) is 5.92 Å². The molecule has 2 aromatic heterocycles. The van der Waals surface area contributed by atoms with E-state index in [0.717, 1.165) is 25.7 Å². The third-order valence-corrected chi connectivity index (χ3v) is 6.71. The van der Waals surface area contributed by atoms with Crippen molar-refractivity contribution in [2.45, 2.75) is 83.3 Å². The van der Waals surface area contributed by atoms with Crippen LogP contribution in [0.5, 0.6) is 0 Å². The fourth-order valence-electron chi connectivity index (χ4n) is 4.99. The maximum absolute atomic E-state index is 15.8. The van der Waals surface area contributed by atoms with Crippen LogP contribution in [0.25, 0.3) is 11.0 Å². The van der Waals surface area contributed by atoms with Crippen LogP contribution in [0.3, 0.4) is 0 Å². The molecule has 1 saturated carbocycles. The predicted molar refractivity (Wildman–Crippen MR) is 136 cm³/mol. The lowest BCUT2D eigenvalue weighted by Gasteiger charge is -2.29. The largest absolute Gasteiger partial charge is 0.444 e. The highest BCUT2D eigenvalue weighted by Crippen LogP contribution is 2.35. The third-order valence-electron chi connectivity index (χ3n) is 6.71. The molecule has 36 heavy (non-hydrogen) atoms. The SMILES string of the molecule is CC(C)(C)OC(=O)NC(c1nc2c(F)c(C(C#N)c3ccncc3)ccc2[nH]1)C1CCCCCCC1. The number of halogens is 1. The highest BCUT2D eigenvalue weighted by Gasteiger charge is 2.31. The Kier molecular flexibility index (Phi) is 7.88. The Morgan fingerprint density at radius 1 is 1.14 bits per heavy atom. The van der Waals surface area contributed by atoms with Gasteiger partial charge in [0.05, 0.1) is 23.5 Å². The fourth-order valence-corrected chi connectivity index (χ4v) is 4.99. The van der Waals surface area contributed by atoms with Crippen LogP contribution < -0.4 is 5.32 Å². The van der Waals surface area contributed by atoms with Crippen LogP contribution in [0.2, 0.25) is 0 Å². The molecule has 0 aliphatic heterocycles. The summed E-state index contributed by atoms with van der Waals surface area (Å²) in [6.45, 7) is 5.47. The van der Waals surface area contributed by atoms with Gasteiger partial charge in [-0.15, -0.1) is 0 Å². The van der Waals surface area contributed by atoms with Gasteiger partial charge < -0.3 is 15.0 Å². The molecule has 4 rings (SSSR count). The lowest BCUT2D eigenvalue weighted by molar-refractivity contribution is 0.0475. The molecule has 0 bridgehead atoms. The van der Waals surface area contributed by atoms with E-state index in [1.165, 1.54) is 19.3 Å². The molecule has 0 saturated heterocycles. The minimum Gasteiger partial charge on any atom is -0.444 e. The van der Waals surface area contributed by atoms with E-state index >= 15 is 4.39 Å². The summed E-state index contributed by atoms with van der Waals surface area (Å²) in [5.74, 6) is -0.648. The van der Waals surface area contributed by atoms with Crippen molar-refractivity contribution >= 4 is 17.1 Å². The van der Waals surface area contributed by atoms with Crippen LogP contribution in [0.15, 0.2) is 36.7 Å². The third kappa shape index (κ3) is 6.01. The van der Waals surface area contributed by atoms with Gasteiger partial charge >= 0.3 is 6.09 Å². The number of H-pyrrole nitrogens is 1. The molecule has 1 amide bonds. The number of carbonyl (C=O) groups excluding carboxylic acids is 1. The second kappa shape index (κ2) is 11.1. The number of alkyl carbamates (subject to hydrolysis) is 1. The molecule has 2 N–H and O–H groups in total. The number of hydrogen-bond acceptors (Lipinski definition) is 5. The number of fused-ring (bicyclic) bond motifs is 1. The zero-order valence-electron chi connectivity index (χ0n) is 21.2. The average Bonchev–Trinajstić information content (AvgIpc) is 3.24. The van der Waals surface area contributed by atoms with Gasteiger partial charge in [0.2, 0.25) is 0 Å². The van der Waals surface area contributed by atoms with E-state index in [1.807, 2.05) is 20.8 Å². The monoisotopic (exact) mass is 491 g/mol. The van der Waals surface area contributed by atoms with E-state index in [4.69, 9.17) is 4.74 Å². The standard InChI is InChI=1S/C28H34FN5O2/c1-28(2,3)36-27(35)34-24(19-9-7-5-4-6-8-10-19)26-32-22-12-11-20(23(29)25(22)33-26)21(17-30)18-13-15-31-16-14-18/h11-16,19,21,24H,4-10H2,1-3H3,(H,32,33)(H,34,35). The van der Waals surface area contributed by atoms with Crippen molar-refractivity contribution < 1.29 is 13.9 Å². The second-order valence-electron chi connectivity index (χ2n) is 10.6. The molecule has 190 valence electrons. The first-order chi connectivity index (χ1) is 17.3. The second-order valence-corrected chi connectivity index (χ2v) is 10.6. The molecule has 0 spiro atoms. The molecule has 8 heteroatoms. The van der Waals surface area contributed by atoms with Crippen LogP contribution in [-0.2, 0) is 4.74 Å². The number of aromatic amines is 1. The Morgan fingerprint density at radius 3 is 2.44 bits per heavy atom. The van der Waals surface area contributed by atoms with Gasteiger partial charge in [-0.3, -0.25) is 4.98 Å². The van der Waals surface area contributed by atoms with Crippen LogP contribution in [-0.4, -0.2) is 26.6 Å². The molecule has 7 nitrogen and oxygen atoms in total. The van der Waals surface area contributed by atoms with Crippen LogP contribution in [0.4, 0.5) is 9.18 Å². The number of nitrogens with zero attached hydrogens (tertiary/aromatic N) is 3. The molecule has 1 aliphatic rings. The van der Waals surface area contributed by atoms with E-state index in [-0.39, 0.29) is 17.0 Å². The van der Waals surface area contributed by atoms with Gasteiger partial charge in [-0.1, -0.05) is 38.2 Å². The van der Waals surface area contributed by atoms with Crippen molar-refractivity contribution in [1.82, 2.24) is 20.3 Å². The number of carbonyl (C=O) groups is 1. The van der Waals surface area contributed by atoms with E-state index in [9.17, 15) is 10.1 Å². The van der Waals surface area contributed by atoms with Crippen LogP contribution in [0.1, 0.15) is 94.6 Å². The summed E-state index contributed by atoms with van der Waals surface area (Å²) >= 11 is 0. The van der Waals surface area contributed by atoms with Gasteiger partial charge in [0.15, 0.2) is 5.82 Å². The molecule has 1 fully saturated rings. The number of imidazole rings is 1. The Morgan fingerprint density at radius 2 is 1.81 bits per heavy atom. The van der Waals surface area contributed by atoms with Crippen molar-refractivity contribution in [1.29, 1.82) is 5.26 Å². The highest BCUT2D eigenvalue weighted by molar-refractivity contribution is 5.78. The van der Waals surface area contributed by atoms with Gasteiger partial charge in [-0.05, 0) is 63.3 Å². The number of aromatic nitrogens is 3. The molecule has 3 aromatic rings. The van der Waals surface area contributed by atoms with Gasteiger partial charge in [0.1, 0.15) is 16.9 Å². The lowest BCUT2D eigenvalue weighted by atomic mass is 9.85. The number of benzene rings is 1. The molecule has 2 heterocycles. The Bertz CT molecular complexity index is 1220. The predicted octanol–water partition coefficient (Wildman–Crippen LogP) is 6.68. The summed E-state index contributed by atoms with van der Waals surface area (Å²) in [7, 11) is 0. The first-order valence-corrected chi connectivity index (χ1v) is 12.7. The minimum atomic E-state index is -0.779. The van der Waals surface area contributed by atoms with Gasteiger partial charge in [0, 0.05) is 18.0 Å². The summed E-state index contributed by atoms with van der Waals surface area (Å²) < 4.78 is 21.3. The number of nitrogens with one attached hydrogen (secondary N) is 2. The van der Waals surface area contributed by atoms with E-state index in [2.05, 4.69) is 26.3 Å². The van der Waals surface area contributed by atoms with Crippen molar-refractivity contribution in [3.05, 3.63) is 59.4 Å². The quantitative estimate of drug-likeness (QED) is 0.414. The van der Waals surface area contributed by atoms with Crippen molar-refractivity contribution in [3.63, 3.8) is 0 Å². The number of pyridine rings is 1. The number of nitriles is 1. The minimum absolute atomic E-state index is 0.157. The van der Waals surface area contributed by atoms with Crippen LogP contribution >= 0.6 is 0 Å². The molecule has 2 unspecified atom stereocenters. The van der Waals surface area contributed by atoms with Crippen LogP contribution in [0, 0.1) is 23.1 Å². The highest BCUT2D eigenvalue weighted by atomic mass is 19.1. The maximum Gasteiger partial charge on any atom is 0.408 e. The number of rotatable bonds is 5. The molecule has 1 aliphatic carbocycles. The summed E-state index contributed by atoms with van der Waals surface area (Å²) in [6, 6.07) is 8.57. The van der Waals surface area contributed by atoms with E-state index in [1.54, 1.807) is 36.7 Å². The zero-order valence-corrected chi connectivity index (χ0v) is 21.2. The molecule has 1 aromatic carbocycles. The van der Waals surface area contributed by atoms with Crippen molar-refractivity contribution in [2.75, 3.05) is 0 Å². The Balaban J connectivity index is 1.71. The summed E-state index contributed by atoms with van der Waals surface area (Å²) in [5.41, 5.74) is 0.986. The topological polar surface area (TPSA) is 104 Å². The summed E-state index contributed by atoms with van der Waals surface area (Å²) in [4.78, 5) is 24.6. The summed E-state index contributed by atoms with van der Waals surface area (Å²) in [5, 5.41) is 12.8. The zero-order chi connectivity index (χ0) is 25.7. The number of hydrogen-bond donors (Lipinski definition) is 2. The average molecular weight is 492 g/mol. The summed E-state index contributed by atoms with van der Waals surface area (Å²) in [6.07, 6.45) is 10.3. The smallest absolute Gasteiger partial charge is 0.408 e. The van der Waals surface area contributed by atoms with Gasteiger partial charge in [-0.25, -0.2) is 14.2 Å². The number of amides is 1. The fraction of sp³-hybridized carbons (Fsp3) is 0.500.